The average molecular weight is 428 g/mol. The molecule has 160 valence electrons. The van der Waals surface area contributed by atoms with E-state index >= 15 is 0 Å². The van der Waals surface area contributed by atoms with Crippen LogP contribution in [0.3, 0.4) is 0 Å². The number of carbonyl (C=O) groups is 1. The van der Waals surface area contributed by atoms with E-state index in [1.807, 2.05) is 0 Å². The van der Waals surface area contributed by atoms with E-state index in [9.17, 15) is 22.8 Å². The molecular weight excluding hydrogens is 409 g/mol. The lowest BCUT2D eigenvalue weighted by Crippen LogP contribution is -2.38. The highest BCUT2D eigenvalue weighted by atomic mass is 19.4. The van der Waals surface area contributed by atoms with E-state index in [4.69, 9.17) is 0 Å². The van der Waals surface area contributed by atoms with Gasteiger partial charge in [0, 0.05) is 17.8 Å². The third-order valence-corrected chi connectivity index (χ3v) is 5.25. The van der Waals surface area contributed by atoms with Gasteiger partial charge in [0.25, 0.3) is 11.5 Å². The van der Waals surface area contributed by atoms with Crippen molar-refractivity contribution >= 4 is 5.91 Å². The fourth-order valence-electron chi connectivity index (χ4n) is 3.62. The Kier molecular flexibility index (Phi) is 5.58. The quantitative estimate of drug-likeness (QED) is 0.682. The first-order valence-electron chi connectivity index (χ1n) is 9.86. The fraction of sp³-hybridized carbons (Fsp3) is 0.273. The minimum atomic E-state index is -4.47. The van der Waals surface area contributed by atoms with Crippen LogP contribution in [0.15, 0.2) is 59.7 Å². The Morgan fingerprint density at radius 1 is 1.10 bits per heavy atom. The summed E-state index contributed by atoms with van der Waals surface area (Å²) in [6.45, 7) is 0. The molecule has 9 heteroatoms. The summed E-state index contributed by atoms with van der Waals surface area (Å²) >= 11 is 0. The van der Waals surface area contributed by atoms with Crippen LogP contribution in [0.25, 0.3) is 16.9 Å². The number of amides is 1. The van der Waals surface area contributed by atoms with Crippen molar-refractivity contribution in [3.63, 3.8) is 0 Å². The van der Waals surface area contributed by atoms with Gasteiger partial charge in [-0.15, -0.1) is 0 Å². The second-order valence-electron chi connectivity index (χ2n) is 7.40. The molecule has 2 aromatic heterocycles. The summed E-state index contributed by atoms with van der Waals surface area (Å²) in [5, 5.41) is 7.16. The average Bonchev–Trinajstić information content (AvgIpc) is 3.27. The molecule has 1 aliphatic carbocycles. The molecule has 1 N–H and O–H groups in total. The van der Waals surface area contributed by atoms with E-state index in [2.05, 4.69) is 15.4 Å². The molecular formula is C22H19F3N4O2. The first-order valence-corrected chi connectivity index (χ1v) is 9.86. The highest BCUT2D eigenvalue weighted by Gasteiger charge is 2.30. The number of aromatic nitrogens is 3. The number of hydrogen-bond acceptors (Lipinski definition) is 4. The molecule has 1 amide bonds. The van der Waals surface area contributed by atoms with Crippen molar-refractivity contribution in [1.29, 1.82) is 0 Å². The summed E-state index contributed by atoms with van der Waals surface area (Å²) in [6, 6.07) is 8.96. The molecule has 2 heterocycles. The largest absolute Gasteiger partial charge is 0.416 e. The zero-order valence-electron chi connectivity index (χ0n) is 16.4. The van der Waals surface area contributed by atoms with Crippen molar-refractivity contribution in [1.82, 2.24) is 20.1 Å². The number of nitrogens with zero attached hydrogens (tertiary/aromatic N) is 3. The Balaban J connectivity index is 1.79. The molecule has 3 aromatic rings. The number of rotatable bonds is 4. The van der Waals surface area contributed by atoms with Crippen molar-refractivity contribution in [3.05, 3.63) is 76.3 Å². The van der Waals surface area contributed by atoms with Gasteiger partial charge in [0.2, 0.25) is 0 Å². The Hall–Kier alpha value is -3.49. The predicted octanol–water partition coefficient (Wildman–Crippen LogP) is 3.99. The normalized spacial score (nSPS) is 14.5. The molecule has 4 rings (SSSR count). The molecule has 31 heavy (non-hydrogen) atoms. The summed E-state index contributed by atoms with van der Waals surface area (Å²) in [5.74, 6) is -0.523. The first kappa shape index (κ1) is 20.8. The molecule has 0 bridgehead atoms. The Morgan fingerprint density at radius 2 is 1.81 bits per heavy atom. The smallest absolute Gasteiger partial charge is 0.349 e. The first-order chi connectivity index (χ1) is 14.8. The lowest BCUT2D eigenvalue weighted by Gasteiger charge is -2.14. The molecule has 1 saturated carbocycles. The van der Waals surface area contributed by atoms with Crippen LogP contribution < -0.4 is 10.9 Å². The van der Waals surface area contributed by atoms with Crippen molar-refractivity contribution in [2.24, 2.45) is 0 Å². The van der Waals surface area contributed by atoms with Gasteiger partial charge < -0.3 is 5.32 Å². The second kappa shape index (κ2) is 8.33. The van der Waals surface area contributed by atoms with Gasteiger partial charge in [-0.1, -0.05) is 25.0 Å². The van der Waals surface area contributed by atoms with Crippen LogP contribution in [0, 0.1) is 0 Å². The summed E-state index contributed by atoms with van der Waals surface area (Å²) in [4.78, 5) is 29.9. The van der Waals surface area contributed by atoms with Crippen molar-refractivity contribution in [2.45, 2.75) is 37.9 Å². The van der Waals surface area contributed by atoms with Crippen molar-refractivity contribution in [3.8, 4) is 16.9 Å². The van der Waals surface area contributed by atoms with E-state index in [-0.39, 0.29) is 17.3 Å². The molecule has 0 atom stereocenters. The molecule has 6 nitrogen and oxygen atoms in total. The maximum atomic E-state index is 13.0. The van der Waals surface area contributed by atoms with Crippen LogP contribution in [-0.4, -0.2) is 26.7 Å². The minimum absolute atomic E-state index is 0.00132. The maximum absolute atomic E-state index is 13.0. The van der Waals surface area contributed by atoms with Gasteiger partial charge in [0.15, 0.2) is 0 Å². The number of hydrogen-bond donors (Lipinski definition) is 1. The third kappa shape index (κ3) is 4.50. The molecule has 0 saturated heterocycles. The third-order valence-electron chi connectivity index (χ3n) is 5.25. The van der Waals surface area contributed by atoms with Crippen LogP contribution in [0.4, 0.5) is 13.2 Å². The molecule has 0 aliphatic heterocycles. The standard InChI is InChI=1S/C22H19F3N4O2/c23-22(24,25)15-9-7-14(8-10-15)19-12-18(20(30)27-16-4-1-2-5-16)21(31)29(28-19)17-6-3-11-26-13-17/h3,6-13,16H,1-2,4-5H2,(H,27,30). The van der Waals surface area contributed by atoms with Crippen LogP contribution in [0.1, 0.15) is 41.6 Å². The highest BCUT2D eigenvalue weighted by molar-refractivity contribution is 5.95. The lowest BCUT2D eigenvalue weighted by molar-refractivity contribution is -0.137. The molecule has 1 aliphatic rings. The number of halogens is 3. The summed E-state index contributed by atoms with van der Waals surface area (Å²) in [6.07, 6.45) is 2.20. The van der Waals surface area contributed by atoms with Crippen LogP contribution in [0.5, 0.6) is 0 Å². The van der Waals surface area contributed by atoms with E-state index in [1.165, 1.54) is 30.6 Å². The Bertz CT molecular complexity index is 1140. The molecule has 1 fully saturated rings. The number of benzene rings is 1. The number of carbonyl (C=O) groups excluding carboxylic acids is 1. The molecule has 0 radical (unpaired) electrons. The van der Waals surface area contributed by atoms with Gasteiger partial charge in [-0.3, -0.25) is 14.6 Å². The maximum Gasteiger partial charge on any atom is 0.416 e. The van der Waals surface area contributed by atoms with Crippen LogP contribution in [-0.2, 0) is 6.18 Å². The van der Waals surface area contributed by atoms with E-state index < -0.39 is 23.2 Å². The van der Waals surface area contributed by atoms with Crippen LogP contribution >= 0.6 is 0 Å². The van der Waals surface area contributed by atoms with Gasteiger partial charge in [-0.2, -0.15) is 23.0 Å². The van der Waals surface area contributed by atoms with E-state index in [1.54, 1.807) is 12.1 Å². The van der Waals surface area contributed by atoms with Crippen molar-refractivity contribution in [2.75, 3.05) is 0 Å². The predicted molar refractivity (Wildman–Crippen MR) is 108 cm³/mol. The van der Waals surface area contributed by atoms with Gasteiger partial charge in [0.05, 0.1) is 23.1 Å². The molecule has 0 spiro atoms. The minimum Gasteiger partial charge on any atom is -0.349 e. The number of pyridine rings is 1. The number of nitrogens with one attached hydrogen (secondary N) is 1. The highest BCUT2D eigenvalue weighted by Crippen LogP contribution is 2.30. The monoisotopic (exact) mass is 428 g/mol. The van der Waals surface area contributed by atoms with Gasteiger partial charge in [-0.05, 0) is 43.2 Å². The summed E-state index contributed by atoms with van der Waals surface area (Å²) < 4.78 is 39.8. The molecule has 0 unspecified atom stereocenters. The van der Waals surface area contributed by atoms with Gasteiger partial charge >= 0.3 is 6.18 Å². The fourth-order valence-corrected chi connectivity index (χ4v) is 3.62. The molecule has 1 aromatic carbocycles. The Labute approximate surface area is 175 Å². The van der Waals surface area contributed by atoms with Crippen molar-refractivity contribution < 1.29 is 18.0 Å². The SMILES string of the molecule is O=C(NC1CCCC1)c1cc(-c2ccc(C(F)(F)F)cc2)nn(-c2cccnc2)c1=O. The summed E-state index contributed by atoms with van der Waals surface area (Å²) in [5.41, 5.74) is -0.652. The Morgan fingerprint density at radius 3 is 2.42 bits per heavy atom. The van der Waals surface area contributed by atoms with E-state index in [0.717, 1.165) is 42.5 Å². The van der Waals surface area contributed by atoms with Crippen LogP contribution in [0.2, 0.25) is 0 Å². The van der Waals surface area contributed by atoms with Gasteiger partial charge in [-0.25, -0.2) is 0 Å². The second-order valence-corrected chi connectivity index (χ2v) is 7.40. The van der Waals surface area contributed by atoms with E-state index in [0.29, 0.717) is 11.3 Å². The zero-order chi connectivity index (χ0) is 22.0. The zero-order valence-corrected chi connectivity index (χ0v) is 16.4. The number of alkyl halides is 3. The van der Waals surface area contributed by atoms with Gasteiger partial charge in [0.1, 0.15) is 5.56 Å². The summed E-state index contributed by atoms with van der Waals surface area (Å²) in [7, 11) is 0. The lowest BCUT2D eigenvalue weighted by atomic mass is 10.1. The topological polar surface area (TPSA) is 76.9 Å².